The minimum Gasteiger partial charge on any atom is -0.493 e. The van der Waals surface area contributed by atoms with Crippen LogP contribution in [0.1, 0.15) is 25.5 Å². The molecule has 1 N–H and O–H groups in total. The molecule has 0 radical (unpaired) electrons. The maximum absolute atomic E-state index is 12.9. The quantitative estimate of drug-likeness (QED) is 0.550. The highest BCUT2D eigenvalue weighted by Gasteiger charge is 2.36. The van der Waals surface area contributed by atoms with Crippen molar-refractivity contribution in [2.24, 2.45) is 0 Å². The Bertz CT molecular complexity index is 1200. The molecule has 0 amide bonds. The molecule has 1 aromatic heterocycles. The van der Waals surface area contributed by atoms with E-state index in [0.717, 1.165) is 11.1 Å². The Kier molecular flexibility index (Phi) is 6.05. The van der Waals surface area contributed by atoms with Gasteiger partial charge in [-0.05, 0) is 38.1 Å². The molecule has 2 aromatic carbocycles. The van der Waals surface area contributed by atoms with Gasteiger partial charge in [0.2, 0.25) is 5.95 Å². The number of ether oxygens (including phenoxy) is 3. The second-order valence-electron chi connectivity index (χ2n) is 7.08. The monoisotopic (exact) mass is 454 g/mol. The number of esters is 1. The van der Waals surface area contributed by atoms with Gasteiger partial charge in [0.1, 0.15) is 6.04 Å². The molecule has 166 valence electrons. The van der Waals surface area contributed by atoms with Crippen LogP contribution >= 0.6 is 11.6 Å². The fourth-order valence-electron chi connectivity index (χ4n) is 3.71. The standard InChI is InChI=1S/C23H23ClN4O4/c1-5-32-22(29)19-13(2)25-23-26-21(14-10-11-17(30-3)18(12-14)31-4)27-28(23)20(19)15-8-6-7-9-16(15)24/h6-12,20H,5H2,1-4H3,(H,25,26,27). The summed E-state index contributed by atoms with van der Waals surface area (Å²) in [5.74, 6) is 1.69. The van der Waals surface area contributed by atoms with Crippen molar-refractivity contribution in [3.63, 3.8) is 0 Å². The number of methoxy groups -OCH3 is 2. The number of hydrogen-bond acceptors (Lipinski definition) is 7. The number of nitrogens with zero attached hydrogens (tertiary/aromatic N) is 3. The lowest BCUT2D eigenvalue weighted by molar-refractivity contribution is -0.139. The molecule has 1 unspecified atom stereocenters. The zero-order chi connectivity index (χ0) is 22.8. The number of rotatable bonds is 6. The van der Waals surface area contributed by atoms with Crippen molar-refractivity contribution in [1.82, 2.24) is 14.8 Å². The van der Waals surface area contributed by atoms with Crippen LogP contribution in [0.5, 0.6) is 11.5 Å². The number of halogens is 1. The van der Waals surface area contributed by atoms with E-state index in [1.54, 1.807) is 44.0 Å². The van der Waals surface area contributed by atoms with E-state index in [2.05, 4.69) is 10.3 Å². The predicted molar refractivity (Wildman–Crippen MR) is 121 cm³/mol. The molecule has 9 heteroatoms. The first-order valence-electron chi connectivity index (χ1n) is 10.1. The van der Waals surface area contributed by atoms with Gasteiger partial charge in [-0.25, -0.2) is 9.48 Å². The van der Waals surface area contributed by atoms with Gasteiger partial charge >= 0.3 is 5.97 Å². The fraction of sp³-hybridized carbons (Fsp3) is 0.261. The first-order valence-corrected chi connectivity index (χ1v) is 10.4. The lowest BCUT2D eigenvalue weighted by atomic mass is 9.96. The Morgan fingerprint density at radius 3 is 2.59 bits per heavy atom. The van der Waals surface area contributed by atoms with E-state index in [0.29, 0.717) is 39.6 Å². The molecule has 3 aromatic rings. The lowest BCUT2D eigenvalue weighted by Crippen LogP contribution is -2.29. The number of nitrogens with one attached hydrogen (secondary N) is 1. The third-order valence-corrected chi connectivity index (χ3v) is 5.53. The van der Waals surface area contributed by atoms with Gasteiger partial charge in [0.25, 0.3) is 0 Å². The zero-order valence-electron chi connectivity index (χ0n) is 18.2. The third-order valence-electron chi connectivity index (χ3n) is 5.19. The van der Waals surface area contributed by atoms with Gasteiger partial charge in [-0.1, -0.05) is 29.8 Å². The fourth-order valence-corrected chi connectivity index (χ4v) is 3.95. The summed E-state index contributed by atoms with van der Waals surface area (Å²) in [6.45, 7) is 3.83. The third kappa shape index (κ3) is 3.78. The highest BCUT2D eigenvalue weighted by atomic mass is 35.5. The Labute approximate surface area is 190 Å². The van der Waals surface area contributed by atoms with Crippen molar-refractivity contribution in [1.29, 1.82) is 0 Å². The van der Waals surface area contributed by atoms with E-state index in [4.69, 9.17) is 30.9 Å². The molecule has 4 rings (SSSR count). The first kappa shape index (κ1) is 21.7. The number of anilines is 1. The molecular weight excluding hydrogens is 432 g/mol. The molecule has 0 spiro atoms. The van der Waals surface area contributed by atoms with E-state index in [-0.39, 0.29) is 6.61 Å². The maximum Gasteiger partial charge on any atom is 0.338 e. The molecule has 0 fully saturated rings. The number of benzene rings is 2. The number of carbonyl (C=O) groups excluding carboxylic acids is 1. The van der Waals surface area contributed by atoms with Gasteiger partial charge < -0.3 is 19.5 Å². The molecular formula is C23H23ClN4O4. The first-order chi connectivity index (χ1) is 15.5. The van der Waals surface area contributed by atoms with E-state index in [1.165, 1.54) is 0 Å². The molecule has 1 aliphatic rings. The van der Waals surface area contributed by atoms with Crippen molar-refractivity contribution < 1.29 is 19.0 Å². The number of allylic oxidation sites excluding steroid dienone is 1. The number of fused-ring (bicyclic) bond motifs is 1. The number of aromatic nitrogens is 3. The SMILES string of the molecule is CCOC(=O)C1=C(C)Nc2nc(-c3ccc(OC)c(OC)c3)nn2C1c1ccccc1Cl. The molecule has 1 aliphatic heterocycles. The highest BCUT2D eigenvalue weighted by Crippen LogP contribution is 2.40. The van der Waals surface area contributed by atoms with E-state index in [9.17, 15) is 4.79 Å². The van der Waals surface area contributed by atoms with Crippen molar-refractivity contribution >= 4 is 23.5 Å². The molecule has 1 atom stereocenters. The number of hydrogen-bond donors (Lipinski definition) is 1. The molecule has 8 nitrogen and oxygen atoms in total. The van der Waals surface area contributed by atoms with Gasteiger partial charge in [0.05, 0.1) is 26.4 Å². The van der Waals surface area contributed by atoms with Gasteiger partial charge in [0, 0.05) is 21.8 Å². The molecule has 2 heterocycles. The van der Waals surface area contributed by atoms with E-state index in [1.807, 2.05) is 31.2 Å². The van der Waals surface area contributed by atoms with Crippen molar-refractivity contribution in [2.75, 3.05) is 26.1 Å². The summed E-state index contributed by atoms with van der Waals surface area (Å²) in [4.78, 5) is 17.6. The average Bonchev–Trinajstić information content (AvgIpc) is 3.22. The molecule has 0 bridgehead atoms. The lowest BCUT2D eigenvalue weighted by Gasteiger charge is -2.28. The summed E-state index contributed by atoms with van der Waals surface area (Å²) >= 11 is 6.53. The van der Waals surface area contributed by atoms with Crippen LogP contribution in [0.2, 0.25) is 5.02 Å². The van der Waals surface area contributed by atoms with Crippen molar-refractivity contribution in [2.45, 2.75) is 19.9 Å². The minimum absolute atomic E-state index is 0.256. The van der Waals surface area contributed by atoms with Gasteiger partial charge in [0.15, 0.2) is 17.3 Å². The topological polar surface area (TPSA) is 87.5 Å². The van der Waals surface area contributed by atoms with Crippen LogP contribution in [0.15, 0.2) is 53.7 Å². The van der Waals surface area contributed by atoms with Crippen LogP contribution < -0.4 is 14.8 Å². The van der Waals surface area contributed by atoms with Crippen LogP contribution in [0, 0.1) is 0 Å². The van der Waals surface area contributed by atoms with Crippen LogP contribution in [0.3, 0.4) is 0 Å². The van der Waals surface area contributed by atoms with Crippen LogP contribution in [0.25, 0.3) is 11.4 Å². The van der Waals surface area contributed by atoms with Gasteiger partial charge in [-0.3, -0.25) is 0 Å². The summed E-state index contributed by atoms with van der Waals surface area (Å²) in [5, 5.41) is 8.42. The normalized spacial score (nSPS) is 15.1. The summed E-state index contributed by atoms with van der Waals surface area (Å²) in [6.07, 6.45) is 0. The van der Waals surface area contributed by atoms with Gasteiger partial charge in [-0.15, -0.1) is 5.10 Å². The Morgan fingerprint density at radius 2 is 1.91 bits per heavy atom. The van der Waals surface area contributed by atoms with Gasteiger partial charge in [-0.2, -0.15) is 4.98 Å². The van der Waals surface area contributed by atoms with E-state index >= 15 is 0 Å². The second-order valence-corrected chi connectivity index (χ2v) is 7.49. The average molecular weight is 455 g/mol. The van der Waals surface area contributed by atoms with Crippen molar-refractivity contribution in [3.8, 4) is 22.9 Å². The minimum atomic E-state index is -0.597. The molecule has 0 saturated heterocycles. The molecule has 0 saturated carbocycles. The summed E-state index contributed by atoms with van der Waals surface area (Å²) < 4.78 is 17.7. The number of carbonyl (C=O) groups is 1. The Hall–Kier alpha value is -3.52. The summed E-state index contributed by atoms with van der Waals surface area (Å²) in [6, 6.07) is 12.2. The van der Waals surface area contributed by atoms with E-state index < -0.39 is 12.0 Å². The van der Waals surface area contributed by atoms with Crippen molar-refractivity contribution in [3.05, 3.63) is 64.3 Å². The summed E-state index contributed by atoms with van der Waals surface area (Å²) in [7, 11) is 3.15. The largest absolute Gasteiger partial charge is 0.493 e. The van der Waals surface area contributed by atoms with Crippen LogP contribution in [-0.2, 0) is 9.53 Å². The summed E-state index contributed by atoms with van der Waals surface area (Å²) in [5.41, 5.74) is 2.52. The zero-order valence-corrected chi connectivity index (χ0v) is 18.9. The Balaban J connectivity index is 1.86. The Morgan fingerprint density at radius 1 is 1.16 bits per heavy atom. The highest BCUT2D eigenvalue weighted by molar-refractivity contribution is 6.31. The molecule has 32 heavy (non-hydrogen) atoms. The maximum atomic E-state index is 12.9. The smallest absolute Gasteiger partial charge is 0.338 e. The predicted octanol–water partition coefficient (Wildman–Crippen LogP) is 4.47. The van der Waals surface area contributed by atoms with Crippen LogP contribution in [0.4, 0.5) is 5.95 Å². The second kappa shape index (κ2) is 8.92. The molecule has 0 aliphatic carbocycles. The van der Waals surface area contributed by atoms with Crippen LogP contribution in [-0.4, -0.2) is 41.6 Å².